The predicted octanol–water partition coefficient (Wildman–Crippen LogP) is 2.38. The molecule has 1 rings (SSSR count). The Kier molecular flexibility index (Phi) is 2.68. The molecule has 0 fully saturated rings. The van der Waals surface area contributed by atoms with Gasteiger partial charge in [0.05, 0.1) is 0 Å². The standard InChI is InChI=1S/C7H8BrP/c1-9-7-4-2-3-6(8)5-7/h2-5,9H,1H3. The summed E-state index contributed by atoms with van der Waals surface area (Å²) < 4.78 is 1.18. The first-order valence-corrected chi connectivity index (χ1v) is 5.05. The molecule has 2 heteroatoms. The second-order valence-electron chi connectivity index (χ2n) is 1.76. The van der Waals surface area contributed by atoms with E-state index in [-0.39, 0.29) is 0 Å². The number of benzene rings is 1. The maximum atomic E-state index is 3.41. The van der Waals surface area contributed by atoms with Gasteiger partial charge in [0, 0.05) is 4.47 Å². The highest BCUT2D eigenvalue weighted by Crippen LogP contribution is 2.10. The fraction of sp³-hybridized carbons (Fsp3) is 0.143. The van der Waals surface area contributed by atoms with Crippen LogP contribution in [-0.4, -0.2) is 6.66 Å². The summed E-state index contributed by atoms with van der Waals surface area (Å²) in [6.07, 6.45) is 0. The summed E-state index contributed by atoms with van der Waals surface area (Å²) in [5.74, 6) is 0. The molecule has 1 unspecified atom stereocenters. The molecular formula is C7H8BrP. The lowest BCUT2D eigenvalue weighted by atomic mass is 10.4. The lowest BCUT2D eigenvalue weighted by Gasteiger charge is -1.94. The minimum absolute atomic E-state index is 0.896. The van der Waals surface area contributed by atoms with Crippen LogP contribution in [0.25, 0.3) is 0 Å². The van der Waals surface area contributed by atoms with Crippen molar-refractivity contribution in [1.82, 2.24) is 0 Å². The largest absolute Gasteiger partial charge is 0.0936 e. The fourth-order valence-corrected chi connectivity index (χ4v) is 1.82. The topological polar surface area (TPSA) is 0 Å². The molecule has 0 aliphatic heterocycles. The van der Waals surface area contributed by atoms with Gasteiger partial charge in [0.2, 0.25) is 0 Å². The van der Waals surface area contributed by atoms with E-state index in [9.17, 15) is 0 Å². The van der Waals surface area contributed by atoms with E-state index in [0.29, 0.717) is 0 Å². The van der Waals surface area contributed by atoms with Crippen LogP contribution >= 0.6 is 24.5 Å². The van der Waals surface area contributed by atoms with Gasteiger partial charge < -0.3 is 0 Å². The van der Waals surface area contributed by atoms with Crippen molar-refractivity contribution in [2.24, 2.45) is 0 Å². The molecular weight excluding hydrogens is 195 g/mol. The molecule has 0 saturated carbocycles. The summed E-state index contributed by atoms with van der Waals surface area (Å²) in [4.78, 5) is 0. The summed E-state index contributed by atoms with van der Waals surface area (Å²) in [6.45, 7) is 2.18. The highest BCUT2D eigenvalue weighted by Gasteiger charge is 1.87. The van der Waals surface area contributed by atoms with Gasteiger partial charge in [0.25, 0.3) is 0 Å². The molecule has 0 bridgehead atoms. The quantitative estimate of drug-likeness (QED) is 0.614. The first kappa shape index (κ1) is 7.24. The molecule has 1 aromatic carbocycles. The Morgan fingerprint density at radius 2 is 2.22 bits per heavy atom. The second-order valence-corrected chi connectivity index (χ2v) is 3.75. The lowest BCUT2D eigenvalue weighted by Crippen LogP contribution is -1.89. The highest BCUT2D eigenvalue weighted by atomic mass is 79.9. The Morgan fingerprint density at radius 1 is 1.44 bits per heavy atom. The zero-order chi connectivity index (χ0) is 6.69. The molecule has 1 atom stereocenters. The minimum Gasteiger partial charge on any atom is -0.0936 e. The van der Waals surface area contributed by atoms with Crippen molar-refractivity contribution in [2.45, 2.75) is 0 Å². The molecule has 0 spiro atoms. The summed E-state index contributed by atoms with van der Waals surface area (Å²) in [5, 5.41) is 1.41. The van der Waals surface area contributed by atoms with Crippen molar-refractivity contribution >= 4 is 29.8 Å². The van der Waals surface area contributed by atoms with Crippen LogP contribution in [-0.2, 0) is 0 Å². The zero-order valence-corrected chi connectivity index (χ0v) is 7.77. The molecule has 48 valence electrons. The maximum absolute atomic E-state index is 3.41. The fourth-order valence-electron chi connectivity index (χ4n) is 0.644. The van der Waals surface area contributed by atoms with Crippen LogP contribution in [0.5, 0.6) is 0 Å². The van der Waals surface area contributed by atoms with E-state index in [1.807, 2.05) is 6.07 Å². The van der Waals surface area contributed by atoms with E-state index in [2.05, 4.69) is 40.8 Å². The Balaban J connectivity index is 2.94. The van der Waals surface area contributed by atoms with Crippen LogP contribution in [0.3, 0.4) is 0 Å². The van der Waals surface area contributed by atoms with E-state index in [4.69, 9.17) is 0 Å². The molecule has 0 nitrogen and oxygen atoms in total. The lowest BCUT2D eigenvalue weighted by molar-refractivity contribution is 1.71. The monoisotopic (exact) mass is 202 g/mol. The van der Waals surface area contributed by atoms with Crippen molar-refractivity contribution < 1.29 is 0 Å². The Hall–Kier alpha value is 0.130. The second kappa shape index (κ2) is 3.34. The van der Waals surface area contributed by atoms with E-state index in [1.54, 1.807) is 0 Å². The van der Waals surface area contributed by atoms with Gasteiger partial charge in [-0.3, -0.25) is 0 Å². The molecule has 0 saturated heterocycles. The van der Waals surface area contributed by atoms with Gasteiger partial charge in [-0.05, 0) is 24.1 Å². The number of hydrogen-bond donors (Lipinski definition) is 0. The number of rotatable bonds is 1. The molecule has 0 aromatic heterocycles. The third-order valence-electron chi connectivity index (χ3n) is 1.11. The van der Waals surface area contributed by atoms with Crippen molar-refractivity contribution in [1.29, 1.82) is 0 Å². The summed E-state index contributed by atoms with van der Waals surface area (Å²) >= 11 is 3.41. The van der Waals surface area contributed by atoms with Crippen LogP contribution in [0.4, 0.5) is 0 Å². The van der Waals surface area contributed by atoms with Crippen molar-refractivity contribution in [3.63, 3.8) is 0 Å². The van der Waals surface area contributed by atoms with Crippen molar-refractivity contribution in [2.75, 3.05) is 6.66 Å². The molecule has 0 radical (unpaired) electrons. The van der Waals surface area contributed by atoms with E-state index >= 15 is 0 Å². The summed E-state index contributed by atoms with van der Waals surface area (Å²) in [6, 6.07) is 8.40. The molecule has 0 N–H and O–H groups in total. The summed E-state index contributed by atoms with van der Waals surface area (Å²) in [5.41, 5.74) is 0. The normalized spacial score (nSPS) is 10.9. The molecule has 9 heavy (non-hydrogen) atoms. The molecule has 0 aliphatic rings. The average Bonchev–Trinajstić information content (AvgIpc) is 1.88. The van der Waals surface area contributed by atoms with Crippen LogP contribution < -0.4 is 5.30 Å². The van der Waals surface area contributed by atoms with Gasteiger partial charge in [0.1, 0.15) is 0 Å². The van der Waals surface area contributed by atoms with Crippen LogP contribution in [0, 0.1) is 0 Å². The Morgan fingerprint density at radius 3 is 2.67 bits per heavy atom. The van der Waals surface area contributed by atoms with Crippen LogP contribution in [0.1, 0.15) is 0 Å². The molecule has 1 aromatic rings. The Bertz CT molecular complexity index is 198. The maximum Gasteiger partial charge on any atom is 0.0181 e. The first-order chi connectivity index (χ1) is 4.33. The molecule has 0 heterocycles. The van der Waals surface area contributed by atoms with Gasteiger partial charge in [-0.15, -0.1) is 0 Å². The highest BCUT2D eigenvalue weighted by molar-refractivity contribution is 9.10. The number of hydrogen-bond acceptors (Lipinski definition) is 0. The van der Waals surface area contributed by atoms with Gasteiger partial charge in [0.15, 0.2) is 0 Å². The van der Waals surface area contributed by atoms with Crippen LogP contribution in [0.15, 0.2) is 28.7 Å². The predicted molar refractivity (Wildman–Crippen MR) is 48.0 cm³/mol. The minimum atomic E-state index is 0.896. The smallest absolute Gasteiger partial charge is 0.0181 e. The van der Waals surface area contributed by atoms with Crippen molar-refractivity contribution in [3.05, 3.63) is 28.7 Å². The third-order valence-corrected chi connectivity index (χ3v) is 2.49. The SMILES string of the molecule is CPc1cccc(Br)c1. The first-order valence-electron chi connectivity index (χ1n) is 2.76. The van der Waals surface area contributed by atoms with E-state index in [0.717, 1.165) is 8.58 Å². The van der Waals surface area contributed by atoms with E-state index in [1.165, 1.54) is 9.78 Å². The molecule has 0 aliphatic carbocycles. The van der Waals surface area contributed by atoms with Gasteiger partial charge in [-0.2, -0.15) is 0 Å². The van der Waals surface area contributed by atoms with Gasteiger partial charge in [-0.25, -0.2) is 0 Å². The van der Waals surface area contributed by atoms with Crippen molar-refractivity contribution in [3.8, 4) is 0 Å². The average molecular weight is 203 g/mol. The third kappa shape index (κ3) is 2.08. The van der Waals surface area contributed by atoms with E-state index < -0.39 is 0 Å². The Labute approximate surface area is 65.6 Å². The molecule has 0 amide bonds. The zero-order valence-electron chi connectivity index (χ0n) is 5.19. The summed E-state index contributed by atoms with van der Waals surface area (Å²) in [7, 11) is 0.896. The van der Waals surface area contributed by atoms with Gasteiger partial charge >= 0.3 is 0 Å². The van der Waals surface area contributed by atoms with Gasteiger partial charge in [-0.1, -0.05) is 36.6 Å². The number of halogens is 1. The van der Waals surface area contributed by atoms with Crippen LogP contribution in [0.2, 0.25) is 0 Å².